The summed E-state index contributed by atoms with van der Waals surface area (Å²) in [4.78, 5) is 35.0. The molecule has 2 rings (SSSR count). The second-order valence-electron chi connectivity index (χ2n) is 5.17. The first-order valence-electron chi connectivity index (χ1n) is 7.51. The molecule has 2 aromatic carbocycles. The molecule has 0 atom stereocenters. The lowest BCUT2D eigenvalue weighted by molar-refractivity contribution is -0.141. The Bertz CT molecular complexity index is 792. The average Bonchev–Trinajstić information content (AvgIpc) is 2.60. The number of ether oxygens (including phenoxy) is 1. The highest BCUT2D eigenvalue weighted by Gasteiger charge is 2.10. The minimum absolute atomic E-state index is 0.0214. The quantitative estimate of drug-likeness (QED) is 0.789. The first kappa shape index (κ1) is 18.1. The maximum absolute atomic E-state index is 13.2. The van der Waals surface area contributed by atoms with Gasteiger partial charge in [0.05, 0.1) is 13.5 Å². The molecule has 130 valence electrons. The second kappa shape index (κ2) is 8.58. The molecule has 0 fully saturated rings. The standard InChI is InChI=1S/C18H17FN2O4/c1-25-17(23)9-8-16(22)20-14-6-2-4-12(10-14)18(24)21-15-7-3-5-13(19)11-15/h2-7,10-11H,8-9H2,1H3,(H,20,22)(H,21,24). The maximum Gasteiger partial charge on any atom is 0.306 e. The van der Waals surface area contributed by atoms with Gasteiger partial charge in [-0.25, -0.2) is 4.39 Å². The molecule has 0 heterocycles. The van der Waals surface area contributed by atoms with Gasteiger partial charge in [0.25, 0.3) is 5.91 Å². The number of esters is 1. The summed E-state index contributed by atoms with van der Waals surface area (Å²) in [5.74, 6) is -1.73. The fraction of sp³-hybridized carbons (Fsp3) is 0.167. The highest BCUT2D eigenvalue weighted by atomic mass is 19.1. The van der Waals surface area contributed by atoms with Crippen molar-refractivity contribution >= 4 is 29.2 Å². The lowest BCUT2D eigenvalue weighted by atomic mass is 10.1. The second-order valence-corrected chi connectivity index (χ2v) is 5.17. The smallest absolute Gasteiger partial charge is 0.306 e. The molecule has 2 amide bonds. The summed E-state index contributed by atoms with van der Waals surface area (Å²) < 4.78 is 17.6. The fourth-order valence-electron chi connectivity index (χ4n) is 2.05. The van der Waals surface area contributed by atoms with E-state index in [1.165, 1.54) is 31.4 Å². The van der Waals surface area contributed by atoms with Gasteiger partial charge in [0.2, 0.25) is 5.91 Å². The van der Waals surface area contributed by atoms with Crippen molar-refractivity contribution in [3.8, 4) is 0 Å². The van der Waals surface area contributed by atoms with Crippen LogP contribution in [0.5, 0.6) is 0 Å². The zero-order valence-electron chi connectivity index (χ0n) is 13.5. The molecule has 0 aliphatic carbocycles. The minimum atomic E-state index is -0.474. The van der Waals surface area contributed by atoms with E-state index in [1.54, 1.807) is 24.3 Å². The van der Waals surface area contributed by atoms with Gasteiger partial charge >= 0.3 is 5.97 Å². The molecule has 6 nitrogen and oxygen atoms in total. The van der Waals surface area contributed by atoms with E-state index in [2.05, 4.69) is 15.4 Å². The molecule has 7 heteroatoms. The van der Waals surface area contributed by atoms with Crippen LogP contribution in [0.25, 0.3) is 0 Å². The van der Waals surface area contributed by atoms with Crippen molar-refractivity contribution in [2.24, 2.45) is 0 Å². The van der Waals surface area contributed by atoms with Crippen molar-refractivity contribution in [2.45, 2.75) is 12.8 Å². The number of hydrogen-bond acceptors (Lipinski definition) is 4. The number of methoxy groups -OCH3 is 1. The third-order valence-corrected chi connectivity index (χ3v) is 3.27. The molecule has 0 saturated heterocycles. The Morgan fingerprint density at radius 2 is 1.64 bits per heavy atom. The maximum atomic E-state index is 13.2. The summed E-state index contributed by atoms with van der Waals surface area (Å²) >= 11 is 0. The number of anilines is 2. The largest absolute Gasteiger partial charge is 0.469 e. The van der Waals surface area contributed by atoms with Crippen LogP contribution in [0.3, 0.4) is 0 Å². The SMILES string of the molecule is COC(=O)CCC(=O)Nc1cccc(C(=O)Nc2cccc(F)c2)c1. The molecule has 0 radical (unpaired) electrons. The van der Waals surface area contributed by atoms with Crippen LogP contribution in [0.1, 0.15) is 23.2 Å². The Hall–Kier alpha value is -3.22. The molecule has 0 saturated carbocycles. The van der Waals surface area contributed by atoms with E-state index in [-0.39, 0.29) is 18.7 Å². The number of carbonyl (C=O) groups is 3. The molecule has 25 heavy (non-hydrogen) atoms. The molecule has 0 aliphatic heterocycles. The molecule has 0 bridgehead atoms. The van der Waals surface area contributed by atoms with Crippen LogP contribution in [0.4, 0.5) is 15.8 Å². The number of benzene rings is 2. The van der Waals surface area contributed by atoms with Gasteiger partial charge < -0.3 is 15.4 Å². The van der Waals surface area contributed by atoms with E-state index in [1.807, 2.05) is 0 Å². The number of rotatable bonds is 6. The molecule has 0 spiro atoms. The molecule has 0 unspecified atom stereocenters. The van der Waals surface area contributed by atoms with Crippen LogP contribution < -0.4 is 10.6 Å². The number of halogens is 1. The van der Waals surface area contributed by atoms with Gasteiger partial charge in [-0.05, 0) is 36.4 Å². The summed E-state index contributed by atoms with van der Waals surface area (Å²) in [6.07, 6.45) is -0.0472. The van der Waals surface area contributed by atoms with Crippen LogP contribution in [0.2, 0.25) is 0 Å². The first-order valence-corrected chi connectivity index (χ1v) is 7.51. The monoisotopic (exact) mass is 344 g/mol. The third-order valence-electron chi connectivity index (χ3n) is 3.27. The van der Waals surface area contributed by atoms with Crippen LogP contribution in [-0.4, -0.2) is 24.9 Å². The summed E-state index contributed by atoms with van der Waals surface area (Å²) in [6, 6.07) is 11.8. The van der Waals surface area contributed by atoms with Gasteiger partial charge in [-0.15, -0.1) is 0 Å². The van der Waals surface area contributed by atoms with Gasteiger partial charge in [0, 0.05) is 23.4 Å². The molecule has 0 aliphatic rings. The van der Waals surface area contributed by atoms with E-state index in [0.29, 0.717) is 16.9 Å². The molecule has 2 N–H and O–H groups in total. The predicted molar refractivity (Wildman–Crippen MR) is 90.7 cm³/mol. The van der Waals surface area contributed by atoms with Crippen LogP contribution in [0.15, 0.2) is 48.5 Å². The van der Waals surface area contributed by atoms with E-state index in [0.717, 1.165) is 0 Å². The minimum Gasteiger partial charge on any atom is -0.469 e. The lowest BCUT2D eigenvalue weighted by Gasteiger charge is -2.08. The topological polar surface area (TPSA) is 84.5 Å². The van der Waals surface area contributed by atoms with Crippen molar-refractivity contribution in [3.63, 3.8) is 0 Å². The number of nitrogens with one attached hydrogen (secondary N) is 2. The fourth-order valence-corrected chi connectivity index (χ4v) is 2.05. The molecule has 0 aromatic heterocycles. The van der Waals surface area contributed by atoms with Gasteiger partial charge in [0.15, 0.2) is 0 Å². The third kappa shape index (κ3) is 5.72. The van der Waals surface area contributed by atoms with E-state index >= 15 is 0 Å². The summed E-state index contributed by atoms with van der Waals surface area (Å²) in [5.41, 5.74) is 1.05. The van der Waals surface area contributed by atoms with Crippen molar-refractivity contribution in [1.82, 2.24) is 0 Å². The Balaban J connectivity index is 1.99. The predicted octanol–water partition coefficient (Wildman–Crippen LogP) is 2.97. The Kier molecular flexibility index (Phi) is 6.22. The number of carbonyl (C=O) groups excluding carboxylic acids is 3. The summed E-state index contributed by atoms with van der Waals surface area (Å²) in [6.45, 7) is 0. The van der Waals surface area contributed by atoms with Crippen molar-refractivity contribution in [3.05, 3.63) is 59.9 Å². The van der Waals surface area contributed by atoms with Crippen LogP contribution in [-0.2, 0) is 14.3 Å². The molecular weight excluding hydrogens is 327 g/mol. The van der Waals surface area contributed by atoms with Crippen molar-refractivity contribution < 1.29 is 23.5 Å². The van der Waals surface area contributed by atoms with Gasteiger partial charge in [-0.1, -0.05) is 12.1 Å². The van der Waals surface area contributed by atoms with Crippen molar-refractivity contribution in [1.29, 1.82) is 0 Å². The first-order chi connectivity index (χ1) is 12.0. The molecule has 2 aromatic rings. The van der Waals surface area contributed by atoms with E-state index in [9.17, 15) is 18.8 Å². The van der Waals surface area contributed by atoms with Crippen LogP contribution in [0, 0.1) is 5.82 Å². The zero-order chi connectivity index (χ0) is 18.2. The average molecular weight is 344 g/mol. The Morgan fingerprint density at radius 1 is 0.960 bits per heavy atom. The number of hydrogen-bond donors (Lipinski definition) is 2. The van der Waals surface area contributed by atoms with Gasteiger partial charge in [-0.3, -0.25) is 14.4 Å². The highest BCUT2D eigenvalue weighted by molar-refractivity contribution is 6.05. The number of amides is 2. The van der Waals surface area contributed by atoms with Gasteiger partial charge in [-0.2, -0.15) is 0 Å². The summed E-state index contributed by atoms with van der Waals surface area (Å²) in [7, 11) is 1.25. The summed E-state index contributed by atoms with van der Waals surface area (Å²) in [5, 5.41) is 5.18. The lowest BCUT2D eigenvalue weighted by Crippen LogP contribution is -2.15. The van der Waals surface area contributed by atoms with E-state index in [4.69, 9.17) is 0 Å². The highest BCUT2D eigenvalue weighted by Crippen LogP contribution is 2.15. The van der Waals surface area contributed by atoms with Crippen LogP contribution >= 0.6 is 0 Å². The Morgan fingerprint density at radius 3 is 2.32 bits per heavy atom. The van der Waals surface area contributed by atoms with Crippen molar-refractivity contribution in [2.75, 3.05) is 17.7 Å². The van der Waals surface area contributed by atoms with E-state index < -0.39 is 17.7 Å². The van der Waals surface area contributed by atoms with Gasteiger partial charge in [0.1, 0.15) is 5.82 Å². The molecular formula is C18H17FN2O4. The normalized spacial score (nSPS) is 10.0. The zero-order valence-corrected chi connectivity index (χ0v) is 13.5. The Labute approximate surface area is 144 Å².